The Morgan fingerprint density at radius 3 is 1.42 bits per heavy atom. The molecule has 8 aromatic carbocycles. The van der Waals surface area contributed by atoms with Gasteiger partial charge in [-0.05, 0) is 66.7 Å². The zero-order chi connectivity index (χ0) is 34.4. The first-order valence-corrected chi connectivity index (χ1v) is 17.9. The summed E-state index contributed by atoms with van der Waals surface area (Å²) in [7, 11) is 0. The summed E-state index contributed by atoms with van der Waals surface area (Å²) in [6, 6.07) is 55.4. The molecule has 13 aromatic rings. The Morgan fingerprint density at radius 1 is 0.283 bits per heavy atom. The fourth-order valence-electron chi connectivity index (χ4n) is 9.20. The average Bonchev–Trinajstić information content (AvgIpc) is 4.02. The van der Waals surface area contributed by atoms with Crippen molar-refractivity contribution < 1.29 is 13.3 Å². The van der Waals surface area contributed by atoms with Crippen molar-refractivity contribution >= 4 is 109 Å². The highest BCUT2D eigenvalue weighted by Crippen LogP contribution is 2.51. The lowest BCUT2D eigenvalue weighted by Gasteiger charge is -2.10. The normalized spacial score (nSPS) is 12.5. The number of nitrogens with zero attached hydrogens (tertiary/aromatic N) is 2. The number of aromatic nitrogens is 2. The minimum Gasteiger partial charge on any atom is -0.455 e. The van der Waals surface area contributed by atoms with Crippen LogP contribution in [0, 0.1) is 0 Å². The number of benzene rings is 8. The van der Waals surface area contributed by atoms with Crippen molar-refractivity contribution in [2.75, 3.05) is 0 Å². The molecule has 0 aliphatic rings. The van der Waals surface area contributed by atoms with E-state index in [1.807, 2.05) is 18.2 Å². The van der Waals surface area contributed by atoms with E-state index in [1.165, 1.54) is 0 Å². The van der Waals surface area contributed by atoms with E-state index in [-0.39, 0.29) is 0 Å². The van der Waals surface area contributed by atoms with Crippen LogP contribution in [0.25, 0.3) is 121 Å². The molecular weight excluding hydrogens is 653 g/mol. The average molecular weight is 679 g/mol. The van der Waals surface area contributed by atoms with E-state index in [9.17, 15) is 0 Å². The lowest BCUT2D eigenvalue weighted by molar-refractivity contribution is 0.665. The van der Waals surface area contributed by atoms with Crippen LogP contribution in [-0.4, -0.2) is 9.13 Å². The summed E-state index contributed by atoms with van der Waals surface area (Å²) in [5.74, 6) is 0. The lowest BCUT2D eigenvalue weighted by Crippen LogP contribution is -1.95. The third kappa shape index (κ3) is 3.37. The van der Waals surface area contributed by atoms with Gasteiger partial charge in [0.15, 0.2) is 0 Å². The molecule has 5 heteroatoms. The summed E-state index contributed by atoms with van der Waals surface area (Å²) in [5, 5.41) is 10.8. The molecule has 0 fully saturated rings. The van der Waals surface area contributed by atoms with E-state index in [1.54, 1.807) is 0 Å². The number of furan rings is 3. The Labute approximate surface area is 300 Å². The highest BCUT2D eigenvalue weighted by Gasteiger charge is 2.30. The number of fused-ring (bicyclic) bond motifs is 20. The Balaban J connectivity index is 1.39. The third-order valence-electron chi connectivity index (χ3n) is 11.3. The first-order valence-electron chi connectivity index (χ1n) is 17.9. The molecule has 0 bridgehead atoms. The van der Waals surface area contributed by atoms with Crippen LogP contribution in [0.15, 0.2) is 171 Å². The molecule has 0 saturated carbocycles. The molecule has 0 aliphatic heterocycles. The molecule has 0 amide bonds. The standard InChI is InChI=1S/C48H26N2O3/c1-3-13-27(14-4-1)49-34-25-23-30-29-17-7-10-20-36(29)51-46(30)39(34)33-24-26-35-42(44(33)49)43-45(50(35)28-15-5-2-6-16-28)40-31-18-8-11-21-37(31)52-47(40)41-32-19-9-12-22-38(32)53-48(41)43/h1-26H. The van der Waals surface area contributed by atoms with Crippen LogP contribution in [0.3, 0.4) is 0 Å². The van der Waals surface area contributed by atoms with Gasteiger partial charge in [-0.3, -0.25) is 0 Å². The van der Waals surface area contributed by atoms with Crippen LogP contribution < -0.4 is 0 Å². The van der Waals surface area contributed by atoms with E-state index in [0.717, 1.165) is 121 Å². The summed E-state index contributed by atoms with van der Waals surface area (Å²) in [6.07, 6.45) is 0. The second-order valence-electron chi connectivity index (χ2n) is 14.0. The van der Waals surface area contributed by atoms with E-state index < -0.39 is 0 Å². The van der Waals surface area contributed by atoms with Gasteiger partial charge in [0.25, 0.3) is 0 Å². The van der Waals surface area contributed by atoms with Gasteiger partial charge in [0.2, 0.25) is 0 Å². The minimum absolute atomic E-state index is 0.818. The molecule has 13 rings (SSSR count). The first kappa shape index (κ1) is 27.5. The Hall–Kier alpha value is -7.24. The summed E-state index contributed by atoms with van der Waals surface area (Å²) in [5.41, 5.74) is 11.6. The molecule has 0 radical (unpaired) electrons. The molecule has 5 heterocycles. The summed E-state index contributed by atoms with van der Waals surface area (Å²) >= 11 is 0. The van der Waals surface area contributed by atoms with E-state index in [4.69, 9.17) is 13.3 Å². The zero-order valence-corrected chi connectivity index (χ0v) is 28.1. The maximum Gasteiger partial charge on any atom is 0.149 e. The fraction of sp³-hybridized carbons (Fsp3) is 0. The maximum absolute atomic E-state index is 7.00. The fourth-order valence-corrected chi connectivity index (χ4v) is 9.20. The van der Waals surface area contributed by atoms with E-state index >= 15 is 0 Å². The lowest BCUT2D eigenvalue weighted by atomic mass is 10.0. The molecule has 0 atom stereocenters. The van der Waals surface area contributed by atoms with Crippen molar-refractivity contribution in [2.45, 2.75) is 0 Å². The molecule has 5 nitrogen and oxygen atoms in total. The van der Waals surface area contributed by atoms with Gasteiger partial charge in [-0.25, -0.2) is 0 Å². The van der Waals surface area contributed by atoms with Gasteiger partial charge in [0, 0.05) is 43.7 Å². The third-order valence-corrected chi connectivity index (χ3v) is 11.3. The highest BCUT2D eigenvalue weighted by molar-refractivity contribution is 6.41. The monoisotopic (exact) mass is 678 g/mol. The first-order chi connectivity index (χ1) is 26.3. The number of hydrogen-bond donors (Lipinski definition) is 0. The van der Waals surface area contributed by atoms with Gasteiger partial charge in [-0.1, -0.05) is 91.0 Å². The van der Waals surface area contributed by atoms with Crippen molar-refractivity contribution in [2.24, 2.45) is 0 Å². The van der Waals surface area contributed by atoms with Crippen LogP contribution in [0.5, 0.6) is 0 Å². The second kappa shape index (κ2) is 9.75. The SMILES string of the molecule is c1ccc(-n2c3ccc4c5ccccc5oc4c3c3ccc4c(c5c6oc7ccccc7c6c6oc7ccccc7c6c5n4-c4ccccc4)c32)cc1. The van der Waals surface area contributed by atoms with Crippen molar-refractivity contribution in [3.63, 3.8) is 0 Å². The van der Waals surface area contributed by atoms with Gasteiger partial charge in [-0.2, -0.15) is 0 Å². The molecule has 0 spiro atoms. The Morgan fingerprint density at radius 2 is 0.755 bits per heavy atom. The van der Waals surface area contributed by atoms with Gasteiger partial charge < -0.3 is 22.4 Å². The molecule has 0 N–H and O–H groups in total. The second-order valence-corrected chi connectivity index (χ2v) is 14.0. The van der Waals surface area contributed by atoms with Crippen molar-refractivity contribution in [1.29, 1.82) is 0 Å². The van der Waals surface area contributed by atoms with Crippen LogP contribution in [0.1, 0.15) is 0 Å². The van der Waals surface area contributed by atoms with Gasteiger partial charge >= 0.3 is 0 Å². The van der Waals surface area contributed by atoms with Crippen molar-refractivity contribution in [3.8, 4) is 11.4 Å². The molecule has 246 valence electrons. The predicted molar refractivity (Wildman–Crippen MR) is 217 cm³/mol. The number of rotatable bonds is 2. The topological polar surface area (TPSA) is 49.3 Å². The minimum atomic E-state index is 0.818. The molecule has 0 aliphatic carbocycles. The summed E-state index contributed by atoms with van der Waals surface area (Å²) in [6.45, 7) is 0. The molecule has 5 aromatic heterocycles. The van der Waals surface area contributed by atoms with Crippen molar-refractivity contribution in [1.82, 2.24) is 9.13 Å². The largest absolute Gasteiger partial charge is 0.455 e. The maximum atomic E-state index is 7.00. The Bertz CT molecular complexity index is 3670. The molecule has 0 unspecified atom stereocenters. The van der Waals surface area contributed by atoms with Gasteiger partial charge in [-0.15, -0.1) is 0 Å². The zero-order valence-electron chi connectivity index (χ0n) is 28.1. The molecule has 53 heavy (non-hydrogen) atoms. The quantitative estimate of drug-likeness (QED) is 0.183. The predicted octanol–water partition coefficient (Wildman–Crippen LogP) is 13.6. The van der Waals surface area contributed by atoms with E-state index in [0.29, 0.717) is 0 Å². The van der Waals surface area contributed by atoms with Crippen LogP contribution in [-0.2, 0) is 0 Å². The van der Waals surface area contributed by atoms with Gasteiger partial charge in [0.05, 0.1) is 43.6 Å². The van der Waals surface area contributed by atoms with Crippen molar-refractivity contribution in [3.05, 3.63) is 158 Å². The highest BCUT2D eigenvalue weighted by atomic mass is 16.3. The van der Waals surface area contributed by atoms with Gasteiger partial charge in [0.1, 0.15) is 33.5 Å². The molecular formula is C48H26N2O3. The number of para-hydroxylation sites is 5. The van der Waals surface area contributed by atoms with Crippen LogP contribution in [0.2, 0.25) is 0 Å². The van der Waals surface area contributed by atoms with Crippen LogP contribution >= 0.6 is 0 Å². The summed E-state index contributed by atoms with van der Waals surface area (Å²) < 4.78 is 25.4. The van der Waals surface area contributed by atoms with Crippen LogP contribution in [0.4, 0.5) is 0 Å². The Kier molecular flexibility index (Phi) is 5.06. The van der Waals surface area contributed by atoms with E-state index in [2.05, 4.69) is 149 Å². The summed E-state index contributed by atoms with van der Waals surface area (Å²) in [4.78, 5) is 0. The number of hydrogen-bond acceptors (Lipinski definition) is 3. The molecule has 0 saturated heterocycles. The smallest absolute Gasteiger partial charge is 0.149 e.